The summed E-state index contributed by atoms with van der Waals surface area (Å²) in [5.41, 5.74) is 3.74. The number of benzene rings is 1. The summed E-state index contributed by atoms with van der Waals surface area (Å²) < 4.78 is 1.91. The second-order valence-electron chi connectivity index (χ2n) is 9.18. The summed E-state index contributed by atoms with van der Waals surface area (Å²) in [6, 6.07) is 15.4. The van der Waals surface area contributed by atoms with Crippen LogP contribution in [0.5, 0.6) is 0 Å². The van der Waals surface area contributed by atoms with Crippen molar-refractivity contribution in [2.45, 2.75) is 39.2 Å². The molecule has 1 fully saturated rings. The third-order valence-corrected chi connectivity index (χ3v) is 6.38. The van der Waals surface area contributed by atoms with Crippen molar-refractivity contribution in [1.82, 2.24) is 14.5 Å². The predicted molar refractivity (Wildman–Crippen MR) is 118 cm³/mol. The van der Waals surface area contributed by atoms with Gasteiger partial charge in [0.2, 0.25) is 0 Å². The van der Waals surface area contributed by atoms with Crippen LogP contribution in [0.2, 0.25) is 0 Å². The van der Waals surface area contributed by atoms with Gasteiger partial charge in [0, 0.05) is 48.4 Å². The lowest BCUT2D eigenvalue weighted by Gasteiger charge is -2.42. The van der Waals surface area contributed by atoms with Crippen LogP contribution in [0, 0.1) is 11.8 Å². The Morgan fingerprint density at radius 3 is 2.77 bits per heavy atom. The van der Waals surface area contributed by atoms with E-state index in [1.165, 1.54) is 0 Å². The fraction of sp³-hybridized carbons (Fsp3) is 0.400. The lowest BCUT2D eigenvalue weighted by Crippen LogP contribution is -2.49. The molecule has 5 heteroatoms. The minimum Gasteiger partial charge on any atom is -0.338 e. The summed E-state index contributed by atoms with van der Waals surface area (Å²) in [6.45, 7) is 6.40. The number of likely N-dealkylation sites (tertiary alicyclic amines) is 1. The van der Waals surface area contributed by atoms with Gasteiger partial charge in [-0.1, -0.05) is 38.1 Å². The van der Waals surface area contributed by atoms with Crippen molar-refractivity contribution in [3.8, 4) is 0 Å². The number of hydrogen-bond donors (Lipinski definition) is 0. The fourth-order valence-electron chi connectivity index (χ4n) is 5.16. The average molecular weight is 402 g/mol. The Labute approximate surface area is 176 Å². The molecule has 0 aliphatic carbocycles. The third-order valence-electron chi connectivity index (χ3n) is 6.38. The van der Waals surface area contributed by atoms with Crippen LogP contribution in [0.3, 0.4) is 0 Å². The molecular weight excluding hydrogens is 374 g/mol. The van der Waals surface area contributed by atoms with Gasteiger partial charge in [0.1, 0.15) is 0 Å². The summed E-state index contributed by atoms with van der Waals surface area (Å²) in [6.07, 6.45) is 1.90. The molecule has 2 bridgehead atoms. The van der Waals surface area contributed by atoms with Gasteiger partial charge in [0.15, 0.2) is 0 Å². The van der Waals surface area contributed by atoms with Gasteiger partial charge in [-0.3, -0.25) is 14.6 Å². The number of pyridine rings is 2. The van der Waals surface area contributed by atoms with Gasteiger partial charge in [-0.2, -0.15) is 0 Å². The Bertz CT molecular complexity index is 1180. The summed E-state index contributed by atoms with van der Waals surface area (Å²) in [7, 11) is 0. The van der Waals surface area contributed by atoms with Gasteiger partial charge in [-0.25, -0.2) is 0 Å². The molecule has 30 heavy (non-hydrogen) atoms. The van der Waals surface area contributed by atoms with E-state index in [1.54, 1.807) is 6.07 Å². The van der Waals surface area contributed by atoms with E-state index >= 15 is 0 Å². The van der Waals surface area contributed by atoms with E-state index in [0.717, 1.165) is 40.7 Å². The highest BCUT2D eigenvalue weighted by Gasteiger charge is 2.36. The highest BCUT2D eigenvalue weighted by molar-refractivity contribution is 6.06. The van der Waals surface area contributed by atoms with Crippen LogP contribution in [-0.4, -0.2) is 33.4 Å². The van der Waals surface area contributed by atoms with Crippen LogP contribution < -0.4 is 5.56 Å². The molecular formula is C25H27N3O2. The van der Waals surface area contributed by atoms with E-state index < -0.39 is 0 Å². The van der Waals surface area contributed by atoms with Gasteiger partial charge in [0.25, 0.3) is 11.5 Å². The van der Waals surface area contributed by atoms with Crippen molar-refractivity contribution < 1.29 is 4.79 Å². The number of aromatic nitrogens is 2. The smallest absolute Gasteiger partial charge is 0.254 e. The second kappa shape index (κ2) is 7.38. The summed E-state index contributed by atoms with van der Waals surface area (Å²) >= 11 is 0. The topological polar surface area (TPSA) is 55.2 Å². The van der Waals surface area contributed by atoms with Crippen molar-refractivity contribution in [1.29, 1.82) is 0 Å². The molecule has 0 radical (unpaired) electrons. The van der Waals surface area contributed by atoms with Crippen molar-refractivity contribution in [3.05, 3.63) is 75.8 Å². The lowest BCUT2D eigenvalue weighted by atomic mass is 9.83. The van der Waals surface area contributed by atoms with Gasteiger partial charge >= 0.3 is 0 Å². The second-order valence-corrected chi connectivity index (χ2v) is 9.18. The first-order valence-corrected chi connectivity index (χ1v) is 10.9. The van der Waals surface area contributed by atoms with Crippen LogP contribution in [0.1, 0.15) is 47.9 Å². The highest BCUT2D eigenvalue weighted by atomic mass is 16.2. The molecule has 2 aliphatic rings. The van der Waals surface area contributed by atoms with Crippen LogP contribution in [0.25, 0.3) is 10.9 Å². The zero-order valence-corrected chi connectivity index (χ0v) is 17.5. The van der Waals surface area contributed by atoms with E-state index in [2.05, 4.69) is 13.8 Å². The summed E-state index contributed by atoms with van der Waals surface area (Å²) in [4.78, 5) is 32.8. The number of piperidine rings is 1. The maximum absolute atomic E-state index is 13.7. The quantitative estimate of drug-likeness (QED) is 0.670. The monoisotopic (exact) mass is 401 g/mol. The molecule has 1 saturated heterocycles. The molecule has 4 heterocycles. The molecule has 5 rings (SSSR count). The van der Waals surface area contributed by atoms with E-state index in [9.17, 15) is 9.59 Å². The molecule has 2 aliphatic heterocycles. The van der Waals surface area contributed by atoms with Gasteiger partial charge in [0.05, 0.1) is 11.1 Å². The summed E-state index contributed by atoms with van der Waals surface area (Å²) in [5, 5.41) is 0.919. The molecule has 0 N–H and O–H groups in total. The average Bonchev–Trinajstić information content (AvgIpc) is 2.73. The zero-order chi connectivity index (χ0) is 20.8. The van der Waals surface area contributed by atoms with Gasteiger partial charge in [-0.15, -0.1) is 0 Å². The first-order chi connectivity index (χ1) is 14.5. The molecule has 5 nitrogen and oxygen atoms in total. The zero-order valence-electron chi connectivity index (χ0n) is 17.5. The molecule has 2 aromatic heterocycles. The molecule has 1 amide bonds. The number of carbonyl (C=O) groups excluding carboxylic acids is 1. The summed E-state index contributed by atoms with van der Waals surface area (Å²) in [5.74, 6) is 1.10. The molecule has 0 unspecified atom stereocenters. The minimum atomic E-state index is 0.0698. The number of rotatable bonds is 3. The molecule has 3 aromatic rings. The normalized spacial score (nSPS) is 20.4. The lowest BCUT2D eigenvalue weighted by molar-refractivity contribution is 0.0596. The van der Waals surface area contributed by atoms with Crippen molar-refractivity contribution >= 4 is 16.8 Å². The molecule has 0 spiro atoms. The van der Waals surface area contributed by atoms with E-state index in [4.69, 9.17) is 4.98 Å². The number of amides is 1. The highest BCUT2D eigenvalue weighted by Crippen LogP contribution is 2.36. The number of para-hydroxylation sites is 1. The van der Waals surface area contributed by atoms with E-state index in [-0.39, 0.29) is 17.4 Å². The Balaban J connectivity index is 1.51. The maximum atomic E-state index is 13.7. The maximum Gasteiger partial charge on any atom is 0.254 e. The third kappa shape index (κ3) is 3.32. The molecule has 2 atom stereocenters. The Hall–Kier alpha value is -2.95. The largest absolute Gasteiger partial charge is 0.338 e. The Kier molecular flexibility index (Phi) is 4.69. The van der Waals surface area contributed by atoms with Crippen molar-refractivity contribution in [3.63, 3.8) is 0 Å². The Morgan fingerprint density at radius 1 is 1.10 bits per heavy atom. The van der Waals surface area contributed by atoms with E-state index in [0.29, 0.717) is 31.5 Å². The first-order valence-electron chi connectivity index (χ1n) is 10.9. The van der Waals surface area contributed by atoms with Crippen LogP contribution in [0.15, 0.2) is 53.3 Å². The van der Waals surface area contributed by atoms with Crippen LogP contribution >= 0.6 is 0 Å². The van der Waals surface area contributed by atoms with Crippen LogP contribution in [0.4, 0.5) is 0 Å². The standard InChI is InChI=1S/C25H27N3O2/c1-16(2)10-19-12-21(20-6-3-4-7-22(20)26-19)25(30)27-13-17-11-18(15-27)23-8-5-9-24(29)28(23)14-17/h3-9,12,16-18H,10-11,13-15H2,1-2H3/t17-,18+/m0/s1. The SMILES string of the molecule is CC(C)Cc1cc(C(=O)N2C[C@@H]3C[C@H](C2)c2cccc(=O)n2C3)c2ccccc2n1. The van der Waals surface area contributed by atoms with Crippen molar-refractivity contribution in [2.24, 2.45) is 11.8 Å². The first kappa shape index (κ1) is 19.0. The fourth-order valence-corrected chi connectivity index (χ4v) is 5.16. The predicted octanol–water partition coefficient (Wildman–Crippen LogP) is 3.85. The van der Waals surface area contributed by atoms with Crippen molar-refractivity contribution in [2.75, 3.05) is 13.1 Å². The number of fused-ring (bicyclic) bond motifs is 5. The molecule has 154 valence electrons. The van der Waals surface area contributed by atoms with Crippen LogP contribution in [-0.2, 0) is 13.0 Å². The molecule has 0 saturated carbocycles. The minimum absolute atomic E-state index is 0.0698. The molecule has 1 aromatic carbocycles. The van der Waals surface area contributed by atoms with Gasteiger partial charge in [-0.05, 0) is 42.9 Å². The van der Waals surface area contributed by atoms with Gasteiger partial charge < -0.3 is 9.47 Å². The number of nitrogens with zero attached hydrogens (tertiary/aromatic N) is 3. The van der Waals surface area contributed by atoms with E-state index in [1.807, 2.05) is 51.9 Å². The number of carbonyl (C=O) groups is 1. The number of hydrogen-bond acceptors (Lipinski definition) is 3. The Morgan fingerprint density at radius 2 is 1.93 bits per heavy atom.